The predicted molar refractivity (Wildman–Crippen MR) is 71.2 cm³/mol. The molecule has 0 amide bonds. The van der Waals surface area contributed by atoms with Crippen LogP contribution in [-0.2, 0) is 4.74 Å². The van der Waals surface area contributed by atoms with Gasteiger partial charge in [0.25, 0.3) is 0 Å². The van der Waals surface area contributed by atoms with Crippen molar-refractivity contribution < 1.29 is 4.74 Å². The molecule has 0 aliphatic heterocycles. The minimum Gasteiger partial charge on any atom is -0.383 e. The molecule has 88 valence electrons. The maximum absolute atomic E-state index is 5.29. The lowest BCUT2D eigenvalue weighted by Gasteiger charge is -2.32. The van der Waals surface area contributed by atoms with Gasteiger partial charge in [0.15, 0.2) is 10.2 Å². The van der Waals surface area contributed by atoms with E-state index in [2.05, 4.69) is 0 Å². The molecule has 0 bridgehead atoms. The van der Waals surface area contributed by atoms with E-state index in [0.717, 1.165) is 0 Å². The summed E-state index contributed by atoms with van der Waals surface area (Å²) in [6, 6.07) is 0. The number of hydrogen-bond donors (Lipinski definition) is 0. The Bertz CT molecular complexity index is 211. The first kappa shape index (κ1) is 14.5. The minimum atomic E-state index is 0.599. The Hall–Kier alpha value is -0.460. The third-order valence-corrected chi connectivity index (χ3v) is 2.92. The molecule has 0 unspecified atom stereocenters. The molecule has 4 nitrogen and oxygen atoms in total. The first-order valence-electron chi connectivity index (χ1n) is 4.60. The van der Waals surface area contributed by atoms with Gasteiger partial charge in [-0.2, -0.15) is 0 Å². The molecule has 0 atom stereocenters. The molecule has 0 radical (unpaired) electrons. The zero-order valence-electron chi connectivity index (χ0n) is 9.98. The number of methoxy groups -OCH3 is 1. The molecule has 0 aliphatic rings. The lowest BCUT2D eigenvalue weighted by molar-refractivity contribution is 0.187. The maximum atomic E-state index is 5.29. The van der Waals surface area contributed by atoms with Crippen molar-refractivity contribution in [1.82, 2.24) is 14.7 Å². The molecular weight excluding hydrogens is 230 g/mol. The Balaban J connectivity index is 4.57. The zero-order valence-corrected chi connectivity index (χ0v) is 11.6. The van der Waals surface area contributed by atoms with E-state index in [1.54, 1.807) is 7.11 Å². The normalized spacial score (nSPS) is 9.67. The summed E-state index contributed by atoms with van der Waals surface area (Å²) in [5, 5.41) is 1.40. The second-order valence-corrected chi connectivity index (χ2v) is 4.23. The van der Waals surface area contributed by atoms with Crippen LogP contribution in [0.5, 0.6) is 0 Å². The topological polar surface area (TPSA) is 19.0 Å². The van der Waals surface area contributed by atoms with Gasteiger partial charge in [0.1, 0.15) is 0 Å². The third-order valence-electron chi connectivity index (χ3n) is 1.75. The average molecular weight is 249 g/mol. The van der Waals surface area contributed by atoms with Crippen molar-refractivity contribution in [3.05, 3.63) is 0 Å². The van der Waals surface area contributed by atoms with Gasteiger partial charge < -0.3 is 14.5 Å². The molecule has 0 N–H and O–H groups in total. The van der Waals surface area contributed by atoms with E-state index in [1.807, 2.05) is 42.9 Å². The first-order chi connectivity index (χ1) is 6.91. The van der Waals surface area contributed by atoms with Gasteiger partial charge in [-0.15, -0.1) is 0 Å². The van der Waals surface area contributed by atoms with E-state index in [-0.39, 0.29) is 0 Å². The number of rotatable bonds is 3. The van der Waals surface area contributed by atoms with Crippen molar-refractivity contribution in [2.45, 2.75) is 0 Å². The summed E-state index contributed by atoms with van der Waals surface area (Å²) < 4.78 is 5.03. The van der Waals surface area contributed by atoms with Crippen LogP contribution in [-0.4, -0.2) is 73.4 Å². The highest BCUT2D eigenvalue weighted by Crippen LogP contribution is 2.01. The average Bonchev–Trinajstić information content (AvgIpc) is 2.17. The van der Waals surface area contributed by atoms with Crippen LogP contribution in [0.1, 0.15) is 0 Å². The molecule has 0 aromatic rings. The van der Waals surface area contributed by atoms with Gasteiger partial charge in [0.2, 0.25) is 0 Å². The third kappa shape index (κ3) is 4.72. The minimum absolute atomic E-state index is 0.599. The number of nitrogens with zero attached hydrogens (tertiary/aromatic N) is 3. The van der Waals surface area contributed by atoms with Crippen LogP contribution in [0.2, 0.25) is 0 Å². The van der Waals surface area contributed by atoms with Crippen molar-refractivity contribution in [3.8, 4) is 0 Å². The molecule has 0 rings (SSSR count). The monoisotopic (exact) mass is 249 g/mol. The Morgan fingerprint density at radius 3 is 1.67 bits per heavy atom. The lowest BCUT2D eigenvalue weighted by Crippen LogP contribution is -2.48. The van der Waals surface area contributed by atoms with Gasteiger partial charge in [-0.05, 0) is 24.4 Å². The summed E-state index contributed by atoms with van der Waals surface area (Å²) in [6.07, 6.45) is 0. The van der Waals surface area contributed by atoms with Crippen LogP contribution >= 0.6 is 24.4 Å². The summed E-state index contributed by atoms with van der Waals surface area (Å²) in [6.45, 7) is 1.27. The summed E-state index contributed by atoms with van der Waals surface area (Å²) in [5.41, 5.74) is 0. The van der Waals surface area contributed by atoms with Crippen molar-refractivity contribution in [2.24, 2.45) is 0 Å². The fraction of sp³-hybridized carbons (Fsp3) is 0.778. The zero-order chi connectivity index (χ0) is 12.0. The van der Waals surface area contributed by atoms with Gasteiger partial charge in [-0.1, -0.05) is 0 Å². The fourth-order valence-electron chi connectivity index (χ4n) is 0.939. The van der Waals surface area contributed by atoms with Crippen LogP contribution in [0.3, 0.4) is 0 Å². The molecule has 0 saturated carbocycles. The molecule has 0 aromatic heterocycles. The molecule has 0 aromatic carbocycles. The highest BCUT2D eigenvalue weighted by molar-refractivity contribution is 7.81. The summed E-state index contributed by atoms with van der Waals surface area (Å²) in [7, 11) is 9.28. The SMILES string of the molecule is COCCN(C(=S)N(C)C)C(=S)N(C)C. The van der Waals surface area contributed by atoms with Crippen LogP contribution in [0.25, 0.3) is 0 Å². The highest BCUT2D eigenvalue weighted by atomic mass is 32.1. The van der Waals surface area contributed by atoms with E-state index < -0.39 is 0 Å². The van der Waals surface area contributed by atoms with Crippen molar-refractivity contribution >= 4 is 34.7 Å². The number of thiocarbonyl (C=S) groups is 2. The Kier molecular flexibility index (Phi) is 6.71. The molecular formula is C9H19N3OS2. The summed E-state index contributed by atoms with van der Waals surface area (Å²) in [5.74, 6) is 0. The van der Waals surface area contributed by atoms with Crippen LogP contribution in [0.4, 0.5) is 0 Å². The van der Waals surface area contributed by atoms with Crippen molar-refractivity contribution in [1.29, 1.82) is 0 Å². The van der Waals surface area contributed by atoms with Gasteiger partial charge in [0, 0.05) is 35.3 Å². The van der Waals surface area contributed by atoms with Gasteiger partial charge in [-0.3, -0.25) is 4.90 Å². The fourth-order valence-corrected chi connectivity index (χ4v) is 1.35. The summed E-state index contributed by atoms with van der Waals surface area (Å²) >= 11 is 10.6. The van der Waals surface area contributed by atoms with E-state index in [0.29, 0.717) is 23.4 Å². The molecule has 0 spiro atoms. The Morgan fingerprint density at radius 1 is 1.00 bits per heavy atom. The molecule has 0 fully saturated rings. The van der Waals surface area contributed by atoms with E-state index in [4.69, 9.17) is 29.2 Å². The highest BCUT2D eigenvalue weighted by Gasteiger charge is 2.17. The molecule has 0 saturated heterocycles. The number of hydrogen-bond acceptors (Lipinski definition) is 3. The van der Waals surface area contributed by atoms with Crippen LogP contribution in [0.15, 0.2) is 0 Å². The molecule has 6 heteroatoms. The van der Waals surface area contributed by atoms with Crippen LogP contribution in [0, 0.1) is 0 Å². The quantitative estimate of drug-likeness (QED) is 0.678. The van der Waals surface area contributed by atoms with Gasteiger partial charge in [-0.25, -0.2) is 0 Å². The van der Waals surface area contributed by atoms with E-state index in [1.165, 1.54) is 0 Å². The van der Waals surface area contributed by atoms with Crippen molar-refractivity contribution in [2.75, 3.05) is 48.5 Å². The van der Waals surface area contributed by atoms with Crippen LogP contribution < -0.4 is 0 Å². The van der Waals surface area contributed by atoms with Gasteiger partial charge in [0.05, 0.1) is 13.2 Å². The largest absolute Gasteiger partial charge is 0.383 e. The number of ether oxygens (including phenoxy) is 1. The van der Waals surface area contributed by atoms with E-state index in [9.17, 15) is 0 Å². The first-order valence-corrected chi connectivity index (χ1v) is 5.42. The van der Waals surface area contributed by atoms with Gasteiger partial charge >= 0.3 is 0 Å². The van der Waals surface area contributed by atoms with Crippen molar-refractivity contribution in [3.63, 3.8) is 0 Å². The Morgan fingerprint density at radius 2 is 1.40 bits per heavy atom. The smallest absolute Gasteiger partial charge is 0.177 e. The second kappa shape index (κ2) is 6.92. The standard InChI is InChI=1S/C9H19N3OS2/c1-10(2)8(14)12(6-7-13-5)9(15)11(3)4/h6-7H2,1-5H3. The lowest BCUT2D eigenvalue weighted by atomic mass is 10.5. The maximum Gasteiger partial charge on any atom is 0.177 e. The second-order valence-electron chi connectivity index (χ2n) is 3.50. The Labute approximate surface area is 103 Å². The molecule has 15 heavy (non-hydrogen) atoms. The van der Waals surface area contributed by atoms with E-state index >= 15 is 0 Å². The molecule has 0 heterocycles. The molecule has 0 aliphatic carbocycles. The predicted octanol–water partition coefficient (Wildman–Crippen LogP) is 0.628. The summed E-state index contributed by atoms with van der Waals surface area (Å²) in [4.78, 5) is 5.61.